The molecule has 4 atom stereocenters. The lowest BCUT2D eigenvalue weighted by Gasteiger charge is -2.43. The Morgan fingerprint density at radius 2 is 1.71 bits per heavy atom. The SMILES string of the molecule is OC[C@@H]1[C@@H](O)[C@H](O)[C@@H](O)CN1Cc1cccc(CNc2ccc(-c3ccc[nH]3)cc2)c1. The Hall–Kier alpha value is -2.68. The van der Waals surface area contributed by atoms with Gasteiger partial charge in [-0.25, -0.2) is 0 Å². The van der Waals surface area contributed by atoms with Gasteiger partial charge in [0, 0.05) is 37.2 Å². The highest BCUT2D eigenvalue weighted by atomic mass is 16.4. The van der Waals surface area contributed by atoms with E-state index in [9.17, 15) is 20.4 Å². The summed E-state index contributed by atoms with van der Waals surface area (Å²) < 4.78 is 0. The van der Waals surface area contributed by atoms with Crippen LogP contribution in [0.15, 0.2) is 66.9 Å². The van der Waals surface area contributed by atoms with Gasteiger partial charge in [0.15, 0.2) is 0 Å². The summed E-state index contributed by atoms with van der Waals surface area (Å²) in [6.45, 7) is 1.03. The third kappa shape index (κ3) is 4.98. The van der Waals surface area contributed by atoms with Crippen molar-refractivity contribution in [2.75, 3.05) is 18.5 Å². The minimum absolute atomic E-state index is 0.194. The minimum atomic E-state index is -1.24. The van der Waals surface area contributed by atoms with Crippen LogP contribution in [0.25, 0.3) is 11.3 Å². The van der Waals surface area contributed by atoms with Crippen molar-refractivity contribution in [2.24, 2.45) is 0 Å². The molecule has 0 aliphatic carbocycles. The smallest absolute Gasteiger partial charge is 0.109 e. The lowest BCUT2D eigenvalue weighted by Crippen LogP contribution is -2.62. The summed E-state index contributed by atoms with van der Waals surface area (Å²) >= 11 is 0. The molecule has 2 heterocycles. The number of hydrogen-bond acceptors (Lipinski definition) is 6. The Morgan fingerprint density at radius 3 is 2.42 bits per heavy atom. The van der Waals surface area contributed by atoms with Gasteiger partial charge < -0.3 is 30.7 Å². The maximum absolute atomic E-state index is 10.2. The molecule has 2 aromatic carbocycles. The van der Waals surface area contributed by atoms with E-state index >= 15 is 0 Å². The summed E-state index contributed by atoms with van der Waals surface area (Å²) in [4.78, 5) is 5.01. The molecule has 6 N–H and O–H groups in total. The molecule has 0 amide bonds. The van der Waals surface area contributed by atoms with E-state index in [1.54, 1.807) is 0 Å². The highest BCUT2D eigenvalue weighted by molar-refractivity contribution is 5.62. The van der Waals surface area contributed by atoms with Crippen molar-refractivity contribution in [1.29, 1.82) is 0 Å². The number of rotatable bonds is 7. The van der Waals surface area contributed by atoms with Crippen molar-refractivity contribution in [1.82, 2.24) is 9.88 Å². The Kier molecular flexibility index (Phi) is 6.70. The molecule has 0 radical (unpaired) electrons. The molecule has 164 valence electrons. The number of aliphatic hydroxyl groups excluding tert-OH is 4. The molecule has 0 unspecified atom stereocenters. The van der Waals surface area contributed by atoms with E-state index in [4.69, 9.17) is 0 Å². The van der Waals surface area contributed by atoms with E-state index in [-0.39, 0.29) is 13.2 Å². The second-order valence-corrected chi connectivity index (χ2v) is 8.06. The van der Waals surface area contributed by atoms with Gasteiger partial charge in [-0.1, -0.05) is 36.4 Å². The average Bonchev–Trinajstić information content (AvgIpc) is 3.32. The summed E-state index contributed by atoms with van der Waals surface area (Å²) in [5.74, 6) is 0. The molecule has 1 saturated heterocycles. The number of aromatic nitrogens is 1. The maximum atomic E-state index is 10.2. The van der Waals surface area contributed by atoms with Crippen molar-refractivity contribution >= 4 is 5.69 Å². The predicted octanol–water partition coefficient (Wildman–Crippen LogP) is 1.55. The Balaban J connectivity index is 1.38. The molecule has 0 saturated carbocycles. The summed E-state index contributed by atoms with van der Waals surface area (Å²) in [5.41, 5.74) is 5.35. The average molecular weight is 424 g/mol. The van der Waals surface area contributed by atoms with Crippen LogP contribution in [0.5, 0.6) is 0 Å². The van der Waals surface area contributed by atoms with Gasteiger partial charge in [0.25, 0.3) is 0 Å². The van der Waals surface area contributed by atoms with Crippen molar-refractivity contribution in [3.8, 4) is 11.3 Å². The highest BCUT2D eigenvalue weighted by Crippen LogP contribution is 2.23. The molecule has 3 aromatic rings. The third-order valence-electron chi connectivity index (χ3n) is 5.88. The van der Waals surface area contributed by atoms with Crippen molar-refractivity contribution in [2.45, 2.75) is 37.4 Å². The number of nitrogens with one attached hydrogen (secondary N) is 2. The van der Waals surface area contributed by atoms with Crippen LogP contribution in [0.4, 0.5) is 5.69 Å². The maximum Gasteiger partial charge on any atom is 0.109 e. The normalized spacial score (nSPS) is 24.3. The fourth-order valence-electron chi connectivity index (χ4n) is 4.11. The summed E-state index contributed by atoms with van der Waals surface area (Å²) in [6, 6.07) is 19.7. The first-order valence-corrected chi connectivity index (χ1v) is 10.5. The molecular formula is C24H29N3O4. The minimum Gasteiger partial charge on any atom is -0.395 e. The largest absolute Gasteiger partial charge is 0.395 e. The number of nitrogens with zero attached hydrogens (tertiary/aromatic N) is 1. The van der Waals surface area contributed by atoms with Gasteiger partial charge in [-0.15, -0.1) is 0 Å². The molecule has 0 spiro atoms. The van der Waals surface area contributed by atoms with Crippen LogP contribution in [0, 0.1) is 0 Å². The Bertz CT molecular complexity index is 961. The second-order valence-electron chi connectivity index (χ2n) is 8.06. The quantitative estimate of drug-likeness (QED) is 0.344. The van der Waals surface area contributed by atoms with Gasteiger partial charge in [0.05, 0.1) is 18.8 Å². The number of β-amino-alcohol motifs (C(OH)–C–C–N with tert-alkyl or cyclic N) is 1. The van der Waals surface area contributed by atoms with Gasteiger partial charge >= 0.3 is 0 Å². The van der Waals surface area contributed by atoms with Crippen molar-refractivity contribution < 1.29 is 20.4 Å². The molecule has 31 heavy (non-hydrogen) atoms. The number of aromatic amines is 1. The first kappa shape index (κ1) is 21.5. The topological polar surface area (TPSA) is 112 Å². The van der Waals surface area contributed by atoms with Crippen LogP contribution in [0.1, 0.15) is 11.1 Å². The molecule has 1 fully saturated rings. The van der Waals surface area contributed by atoms with E-state index in [2.05, 4.69) is 28.5 Å². The lowest BCUT2D eigenvalue weighted by molar-refractivity contribution is -0.147. The van der Waals surface area contributed by atoms with Crippen molar-refractivity contribution in [3.05, 3.63) is 78.0 Å². The number of benzene rings is 2. The van der Waals surface area contributed by atoms with E-state index in [1.165, 1.54) is 0 Å². The molecular weight excluding hydrogens is 394 g/mol. The second kappa shape index (κ2) is 9.64. The van der Waals surface area contributed by atoms with Crippen LogP contribution in [-0.2, 0) is 13.1 Å². The molecule has 1 aromatic heterocycles. The Morgan fingerprint density at radius 1 is 0.935 bits per heavy atom. The number of anilines is 1. The van der Waals surface area contributed by atoms with E-state index in [0.29, 0.717) is 13.1 Å². The van der Waals surface area contributed by atoms with E-state index < -0.39 is 24.4 Å². The molecule has 1 aliphatic rings. The Labute approximate surface area is 181 Å². The number of piperidine rings is 1. The number of aliphatic hydroxyl groups is 4. The standard InChI is InChI=1S/C24H29N3O4/c28-15-21-23(30)24(31)22(29)14-27(21)13-17-4-1-3-16(11-17)12-26-19-8-6-18(7-9-19)20-5-2-10-25-20/h1-11,21-26,28-31H,12-15H2/t21-,22+,23-,24-/m1/s1. The van der Waals surface area contributed by atoms with Gasteiger partial charge in [0.1, 0.15) is 12.2 Å². The van der Waals surface area contributed by atoms with Crippen molar-refractivity contribution in [3.63, 3.8) is 0 Å². The molecule has 7 nitrogen and oxygen atoms in total. The summed E-state index contributed by atoms with van der Waals surface area (Å²) in [7, 11) is 0. The highest BCUT2D eigenvalue weighted by Gasteiger charge is 2.40. The number of hydrogen-bond donors (Lipinski definition) is 6. The van der Waals surface area contributed by atoms with E-state index in [1.807, 2.05) is 53.6 Å². The van der Waals surface area contributed by atoms with Crippen LogP contribution in [0.2, 0.25) is 0 Å². The molecule has 4 rings (SSSR count). The predicted molar refractivity (Wildman–Crippen MR) is 119 cm³/mol. The van der Waals surface area contributed by atoms with Gasteiger partial charge in [-0.3, -0.25) is 4.90 Å². The zero-order chi connectivity index (χ0) is 21.8. The first-order valence-electron chi connectivity index (χ1n) is 10.5. The van der Waals surface area contributed by atoms with Crippen LogP contribution in [0.3, 0.4) is 0 Å². The zero-order valence-corrected chi connectivity index (χ0v) is 17.2. The number of H-pyrrole nitrogens is 1. The first-order chi connectivity index (χ1) is 15.0. The molecule has 1 aliphatic heterocycles. The number of likely N-dealkylation sites (tertiary alicyclic amines) is 1. The monoisotopic (exact) mass is 423 g/mol. The van der Waals surface area contributed by atoms with Crippen LogP contribution >= 0.6 is 0 Å². The van der Waals surface area contributed by atoms with Gasteiger partial charge in [-0.05, 0) is 41.0 Å². The zero-order valence-electron chi connectivity index (χ0n) is 17.2. The van der Waals surface area contributed by atoms with Crippen LogP contribution in [-0.4, -0.2) is 67.8 Å². The lowest BCUT2D eigenvalue weighted by atomic mass is 9.93. The van der Waals surface area contributed by atoms with Gasteiger partial charge in [-0.2, -0.15) is 0 Å². The fourth-order valence-corrected chi connectivity index (χ4v) is 4.11. The van der Waals surface area contributed by atoms with Gasteiger partial charge in [0.2, 0.25) is 0 Å². The fraction of sp³-hybridized carbons (Fsp3) is 0.333. The van der Waals surface area contributed by atoms with Crippen LogP contribution < -0.4 is 5.32 Å². The molecule has 0 bridgehead atoms. The third-order valence-corrected chi connectivity index (χ3v) is 5.88. The summed E-state index contributed by atoms with van der Waals surface area (Å²) in [5, 5.41) is 43.1. The summed E-state index contributed by atoms with van der Waals surface area (Å²) in [6.07, 6.45) is -1.57. The van der Waals surface area contributed by atoms with E-state index in [0.717, 1.165) is 28.1 Å². The molecule has 7 heteroatoms.